The predicted molar refractivity (Wildman–Crippen MR) is 140 cm³/mol. The van der Waals surface area contributed by atoms with Crippen LogP contribution in [-0.4, -0.2) is 81.3 Å². The molecule has 0 radical (unpaired) electrons. The SMILES string of the molecule is C=C(C)C(=O)OCCNC(=O)OCCOC(=O)C(C)(CC(C)(C)C(=O)OCC)CC(C)(CC)C(=O)OCCO. The molecule has 2 unspecified atom stereocenters. The highest BCUT2D eigenvalue weighted by atomic mass is 16.6. The van der Waals surface area contributed by atoms with Crippen LogP contribution < -0.4 is 5.32 Å². The molecule has 0 bridgehead atoms. The fraction of sp³-hybridized carbons (Fsp3) is 0.741. The summed E-state index contributed by atoms with van der Waals surface area (Å²) in [4.78, 5) is 61.9. The molecule has 0 spiro atoms. The predicted octanol–water partition coefficient (Wildman–Crippen LogP) is 2.70. The van der Waals surface area contributed by atoms with Crippen LogP contribution >= 0.6 is 0 Å². The first kappa shape index (κ1) is 35.9. The van der Waals surface area contributed by atoms with Crippen molar-refractivity contribution < 1.29 is 52.8 Å². The average Bonchev–Trinajstić information content (AvgIpc) is 2.86. The van der Waals surface area contributed by atoms with Crippen molar-refractivity contribution in [2.75, 3.05) is 46.2 Å². The van der Waals surface area contributed by atoms with E-state index in [9.17, 15) is 24.0 Å². The Morgan fingerprint density at radius 3 is 1.85 bits per heavy atom. The average molecular weight is 560 g/mol. The van der Waals surface area contributed by atoms with Gasteiger partial charge in [-0.15, -0.1) is 0 Å². The van der Waals surface area contributed by atoms with Gasteiger partial charge in [0.2, 0.25) is 0 Å². The highest BCUT2D eigenvalue weighted by Gasteiger charge is 2.49. The van der Waals surface area contributed by atoms with Crippen LogP contribution in [0.25, 0.3) is 0 Å². The molecule has 0 rings (SSSR count). The largest absolute Gasteiger partial charge is 0.466 e. The number of ether oxygens (including phenoxy) is 5. The van der Waals surface area contributed by atoms with Gasteiger partial charge in [-0.25, -0.2) is 9.59 Å². The zero-order valence-electron chi connectivity index (χ0n) is 24.3. The number of carbonyl (C=O) groups is 5. The van der Waals surface area contributed by atoms with Crippen molar-refractivity contribution >= 4 is 30.0 Å². The van der Waals surface area contributed by atoms with E-state index in [0.29, 0.717) is 6.42 Å². The molecule has 0 aliphatic carbocycles. The molecule has 0 aliphatic heterocycles. The lowest BCUT2D eigenvalue weighted by Gasteiger charge is -2.39. The minimum absolute atomic E-state index is 0.00475. The Bertz CT molecular complexity index is 870. The molecule has 1 amide bonds. The van der Waals surface area contributed by atoms with Crippen molar-refractivity contribution in [3.8, 4) is 0 Å². The van der Waals surface area contributed by atoms with E-state index in [4.69, 9.17) is 28.8 Å². The molecule has 224 valence electrons. The number of amides is 1. The maximum atomic E-state index is 13.3. The first-order valence-electron chi connectivity index (χ1n) is 12.9. The zero-order valence-corrected chi connectivity index (χ0v) is 24.3. The number of aliphatic hydroxyl groups excluding tert-OH is 1. The van der Waals surface area contributed by atoms with Gasteiger partial charge in [-0.3, -0.25) is 14.4 Å². The Morgan fingerprint density at radius 1 is 0.744 bits per heavy atom. The molecule has 0 fully saturated rings. The molecule has 0 aromatic heterocycles. The molecule has 0 aromatic carbocycles. The first-order chi connectivity index (χ1) is 18.1. The van der Waals surface area contributed by atoms with Crippen LogP contribution in [0.5, 0.6) is 0 Å². The summed E-state index contributed by atoms with van der Waals surface area (Å²) in [6, 6.07) is 0. The lowest BCUT2D eigenvalue weighted by atomic mass is 9.65. The topological polar surface area (TPSA) is 164 Å². The van der Waals surface area contributed by atoms with Crippen LogP contribution in [0.4, 0.5) is 4.79 Å². The number of carbonyl (C=O) groups excluding carboxylic acids is 5. The molecule has 0 saturated heterocycles. The molecule has 12 heteroatoms. The smallest absolute Gasteiger partial charge is 0.407 e. The Hall–Kier alpha value is -3.15. The number of aliphatic hydroxyl groups is 1. The molecule has 0 aromatic rings. The van der Waals surface area contributed by atoms with Gasteiger partial charge in [0.1, 0.15) is 26.4 Å². The van der Waals surface area contributed by atoms with E-state index in [2.05, 4.69) is 11.9 Å². The van der Waals surface area contributed by atoms with Gasteiger partial charge in [-0.2, -0.15) is 0 Å². The van der Waals surface area contributed by atoms with Crippen LogP contribution in [0, 0.1) is 16.2 Å². The van der Waals surface area contributed by atoms with Crippen molar-refractivity contribution in [2.24, 2.45) is 16.2 Å². The summed E-state index contributed by atoms with van der Waals surface area (Å²) >= 11 is 0. The minimum Gasteiger partial charge on any atom is -0.466 e. The zero-order chi connectivity index (χ0) is 30.3. The van der Waals surface area contributed by atoms with Crippen LogP contribution in [0.1, 0.15) is 67.7 Å². The van der Waals surface area contributed by atoms with E-state index in [0.717, 1.165) is 0 Å². The molecule has 2 atom stereocenters. The van der Waals surface area contributed by atoms with Gasteiger partial charge in [-0.1, -0.05) is 13.5 Å². The minimum atomic E-state index is -1.32. The fourth-order valence-corrected chi connectivity index (χ4v) is 4.01. The third-order valence-electron chi connectivity index (χ3n) is 6.03. The molecular formula is C27H45NO11. The fourth-order valence-electron chi connectivity index (χ4n) is 4.01. The number of rotatable bonds is 18. The summed E-state index contributed by atoms with van der Waals surface area (Å²) in [6.45, 7) is 14.0. The maximum Gasteiger partial charge on any atom is 0.407 e. The Labute approximate surface area is 230 Å². The number of hydrogen-bond donors (Lipinski definition) is 2. The summed E-state index contributed by atoms with van der Waals surface area (Å²) in [7, 11) is 0. The van der Waals surface area contributed by atoms with Gasteiger partial charge in [0, 0.05) is 5.57 Å². The lowest BCUT2D eigenvalue weighted by Crippen LogP contribution is -2.44. The molecule has 0 saturated carbocycles. The van der Waals surface area contributed by atoms with Crippen LogP contribution in [0.2, 0.25) is 0 Å². The van der Waals surface area contributed by atoms with Crippen LogP contribution in [-0.2, 0) is 42.9 Å². The maximum absolute atomic E-state index is 13.3. The summed E-state index contributed by atoms with van der Waals surface area (Å²) in [6.07, 6.45) is -0.476. The number of nitrogens with one attached hydrogen (secondary N) is 1. The van der Waals surface area contributed by atoms with E-state index < -0.39 is 46.2 Å². The van der Waals surface area contributed by atoms with E-state index in [1.165, 1.54) is 6.92 Å². The van der Waals surface area contributed by atoms with Gasteiger partial charge in [-0.05, 0) is 60.8 Å². The molecule has 2 N–H and O–H groups in total. The van der Waals surface area contributed by atoms with Crippen molar-refractivity contribution in [3.05, 3.63) is 12.2 Å². The van der Waals surface area contributed by atoms with Crippen LogP contribution in [0.15, 0.2) is 12.2 Å². The van der Waals surface area contributed by atoms with E-state index in [-0.39, 0.29) is 64.6 Å². The Kier molecular flexibility index (Phi) is 15.4. The Balaban J connectivity index is 5.34. The first-order valence-corrected chi connectivity index (χ1v) is 12.9. The van der Waals surface area contributed by atoms with Gasteiger partial charge in [0.25, 0.3) is 0 Å². The second-order valence-corrected chi connectivity index (χ2v) is 10.4. The number of alkyl carbamates (subject to hydrolysis) is 1. The third-order valence-corrected chi connectivity index (χ3v) is 6.03. The second kappa shape index (κ2) is 16.7. The molecule has 0 aliphatic rings. The Morgan fingerprint density at radius 2 is 1.31 bits per heavy atom. The van der Waals surface area contributed by atoms with Crippen molar-refractivity contribution in [1.82, 2.24) is 5.32 Å². The standard InChI is InChI=1S/C27H45NO11/c1-9-26(7,22(32)37-14-12-29)18-27(8,17-25(5,6)21(31)35-10-2)23(33)38-15-16-39-24(34)28-11-13-36-20(30)19(3)4/h29H,3,9-18H2,1-2,4-8H3,(H,28,34). The quantitative estimate of drug-likeness (QED) is 0.110. The summed E-state index contributed by atoms with van der Waals surface area (Å²) in [5.74, 6) is -2.35. The summed E-state index contributed by atoms with van der Waals surface area (Å²) in [5.41, 5.74) is -3.29. The van der Waals surface area contributed by atoms with Crippen molar-refractivity contribution in [1.29, 1.82) is 0 Å². The van der Waals surface area contributed by atoms with Gasteiger partial charge in [0.05, 0.1) is 36.0 Å². The molecular weight excluding hydrogens is 514 g/mol. The number of hydrogen-bond acceptors (Lipinski definition) is 11. The lowest BCUT2D eigenvalue weighted by molar-refractivity contribution is -0.169. The molecule has 12 nitrogen and oxygen atoms in total. The third kappa shape index (κ3) is 12.5. The highest BCUT2D eigenvalue weighted by Crippen LogP contribution is 2.45. The number of esters is 4. The highest BCUT2D eigenvalue weighted by molar-refractivity contribution is 5.87. The second-order valence-electron chi connectivity index (χ2n) is 10.4. The van der Waals surface area contributed by atoms with Gasteiger partial charge in [0.15, 0.2) is 0 Å². The van der Waals surface area contributed by atoms with E-state index >= 15 is 0 Å². The summed E-state index contributed by atoms with van der Waals surface area (Å²) < 4.78 is 25.6. The molecule has 0 heterocycles. The summed E-state index contributed by atoms with van der Waals surface area (Å²) in [5, 5.41) is 11.4. The molecule has 39 heavy (non-hydrogen) atoms. The normalized spacial score (nSPS) is 14.2. The van der Waals surface area contributed by atoms with Crippen molar-refractivity contribution in [3.63, 3.8) is 0 Å². The van der Waals surface area contributed by atoms with Crippen molar-refractivity contribution in [2.45, 2.75) is 67.7 Å². The van der Waals surface area contributed by atoms with E-state index in [1.54, 1.807) is 41.5 Å². The van der Waals surface area contributed by atoms with Gasteiger partial charge >= 0.3 is 30.0 Å². The van der Waals surface area contributed by atoms with Crippen LogP contribution in [0.3, 0.4) is 0 Å². The monoisotopic (exact) mass is 559 g/mol. The van der Waals surface area contributed by atoms with E-state index in [1.807, 2.05) is 0 Å². The van der Waals surface area contributed by atoms with Gasteiger partial charge < -0.3 is 34.1 Å².